The lowest BCUT2D eigenvalue weighted by molar-refractivity contribution is -0.158. The third-order valence-corrected chi connectivity index (χ3v) is 8.71. The SMILES string of the molecule is COC1=C(C(=O)O)C(c2ccc(OC(=O)c3ccc(C(F)(F)F)cc3)c(F)c2)=C(c2cccc3c2CN=CC3)C(Br)(C(F)(F)F)C1=O. The molecule has 47 heavy (non-hydrogen) atoms. The topological polar surface area (TPSA) is 102 Å². The average Bonchev–Trinajstić information content (AvgIpc) is 3.01. The molecular formula is C32H19BrF7NO6. The van der Waals surface area contributed by atoms with E-state index >= 15 is 17.6 Å². The number of hydrogen-bond acceptors (Lipinski definition) is 6. The molecule has 2 aliphatic rings. The highest BCUT2D eigenvalue weighted by molar-refractivity contribution is 9.10. The minimum Gasteiger partial charge on any atom is -0.492 e. The summed E-state index contributed by atoms with van der Waals surface area (Å²) in [6, 6.07) is 9.56. The third-order valence-electron chi connectivity index (χ3n) is 7.50. The Hall–Kier alpha value is -4.79. The summed E-state index contributed by atoms with van der Waals surface area (Å²) in [6.45, 7) is -0.103. The molecule has 1 aliphatic heterocycles. The first kappa shape index (κ1) is 33.6. The van der Waals surface area contributed by atoms with Crippen LogP contribution in [0.2, 0.25) is 0 Å². The van der Waals surface area contributed by atoms with Gasteiger partial charge in [0.2, 0.25) is 10.1 Å². The number of nitrogens with zero attached hydrogens (tertiary/aromatic N) is 1. The van der Waals surface area contributed by atoms with Crippen LogP contribution in [0.25, 0.3) is 11.1 Å². The zero-order valence-corrected chi connectivity index (χ0v) is 25.3. The van der Waals surface area contributed by atoms with Crippen molar-refractivity contribution in [2.24, 2.45) is 4.99 Å². The van der Waals surface area contributed by atoms with E-state index in [1.165, 1.54) is 12.1 Å². The molecule has 0 bridgehead atoms. The number of methoxy groups -OCH3 is 1. The minimum atomic E-state index is -5.39. The van der Waals surface area contributed by atoms with E-state index in [9.17, 15) is 32.7 Å². The summed E-state index contributed by atoms with van der Waals surface area (Å²) in [6.07, 6.45) is -8.29. The molecule has 0 saturated carbocycles. The van der Waals surface area contributed by atoms with E-state index in [1.807, 2.05) is 0 Å². The highest BCUT2D eigenvalue weighted by Crippen LogP contribution is 2.57. The number of carboxylic acids is 1. The number of hydrogen-bond donors (Lipinski definition) is 1. The van der Waals surface area contributed by atoms with Crippen LogP contribution in [0.3, 0.4) is 0 Å². The molecule has 3 aromatic carbocycles. The van der Waals surface area contributed by atoms with Crippen molar-refractivity contribution in [3.63, 3.8) is 0 Å². The van der Waals surface area contributed by atoms with E-state index in [4.69, 9.17) is 9.47 Å². The Balaban J connectivity index is 1.72. The van der Waals surface area contributed by atoms with Crippen LogP contribution in [0.1, 0.15) is 38.2 Å². The van der Waals surface area contributed by atoms with E-state index in [-0.39, 0.29) is 29.7 Å². The van der Waals surface area contributed by atoms with Gasteiger partial charge in [0.1, 0.15) is 5.57 Å². The summed E-state index contributed by atoms with van der Waals surface area (Å²) in [5.74, 6) is -8.15. The molecule has 7 nitrogen and oxygen atoms in total. The van der Waals surface area contributed by atoms with Gasteiger partial charge in [-0.25, -0.2) is 14.0 Å². The summed E-state index contributed by atoms with van der Waals surface area (Å²) >= 11 is 2.61. The molecule has 0 radical (unpaired) electrons. The number of rotatable bonds is 6. The molecular weight excluding hydrogens is 707 g/mol. The zero-order chi connectivity index (χ0) is 34.5. The number of ketones is 1. The Morgan fingerprint density at radius 3 is 2.26 bits per heavy atom. The fraction of sp³-hybridized carbons (Fsp3) is 0.188. The van der Waals surface area contributed by atoms with Crippen molar-refractivity contribution in [3.8, 4) is 5.75 Å². The number of Topliss-reactive ketones (excluding diaryl/α,β-unsaturated/α-hetero) is 1. The lowest BCUT2D eigenvalue weighted by atomic mass is 9.73. The van der Waals surface area contributed by atoms with Gasteiger partial charge in [-0.2, -0.15) is 26.3 Å². The number of aliphatic imine (C=N–C) groups is 1. The number of esters is 1. The lowest BCUT2D eigenvalue weighted by Crippen LogP contribution is -2.51. The second-order valence-corrected chi connectivity index (χ2v) is 11.4. The number of aliphatic carboxylic acids is 1. The Morgan fingerprint density at radius 1 is 1.00 bits per heavy atom. The number of benzene rings is 3. The van der Waals surface area contributed by atoms with E-state index < -0.39 is 79.6 Å². The number of carboxylic acid groups (broad SMARTS) is 1. The Bertz CT molecular complexity index is 1910. The summed E-state index contributed by atoms with van der Waals surface area (Å²) in [7, 11) is 0.812. The van der Waals surface area contributed by atoms with Crippen LogP contribution in [0.15, 0.2) is 77.0 Å². The van der Waals surface area contributed by atoms with Crippen molar-refractivity contribution in [2.75, 3.05) is 7.11 Å². The van der Waals surface area contributed by atoms with Gasteiger partial charge in [0.25, 0.3) is 0 Å². The standard InChI is InChI=1S/C32H19BrF7NO6/c1-46-26-24(28(43)44)23(17-7-10-22(21(34)13-17)47-29(45)16-5-8-18(9-6-16)31(35,36)37)25(30(33,27(26)42)32(38,39)40)19-4-2-3-15-11-12-41-14-20(15)19/h2-10,12-13H,11,14H2,1H3,(H,43,44). The van der Waals surface area contributed by atoms with Crippen LogP contribution in [0, 0.1) is 5.82 Å². The van der Waals surface area contributed by atoms with E-state index in [2.05, 4.69) is 20.9 Å². The highest BCUT2D eigenvalue weighted by atomic mass is 79.9. The zero-order valence-electron chi connectivity index (χ0n) is 23.7. The van der Waals surface area contributed by atoms with E-state index in [0.29, 0.717) is 23.8 Å². The predicted octanol–water partition coefficient (Wildman–Crippen LogP) is 7.37. The molecule has 1 atom stereocenters. The lowest BCUT2D eigenvalue weighted by Gasteiger charge is -2.38. The average molecular weight is 726 g/mol. The van der Waals surface area contributed by atoms with Gasteiger partial charge in [-0.05, 0) is 58.7 Å². The number of allylic oxidation sites excluding steroid dienone is 2. The molecule has 0 aromatic heterocycles. The number of alkyl halides is 7. The van der Waals surface area contributed by atoms with Crippen LogP contribution in [0.5, 0.6) is 5.75 Å². The molecule has 1 aliphatic carbocycles. The van der Waals surface area contributed by atoms with Crippen LogP contribution in [-0.4, -0.2) is 46.7 Å². The molecule has 0 amide bonds. The summed E-state index contributed by atoms with van der Waals surface area (Å²) in [4.78, 5) is 42.9. The van der Waals surface area contributed by atoms with Crippen molar-refractivity contribution in [1.29, 1.82) is 0 Å². The van der Waals surface area contributed by atoms with Gasteiger partial charge in [0.05, 0.1) is 24.8 Å². The van der Waals surface area contributed by atoms with E-state index in [0.717, 1.165) is 31.4 Å². The number of carbonyl (C=O) groups is 3. The second kappa shape index (κ2) is 12.1. The first-order valence-corrected chi connectivity index (χ1v) is 14.2. The largest absolute Gasteiger partial charge is 0.492 e. The number of carbonyl (C=O) groups excluding carboxylic acids is 2. The minimum absolute atomic E-state index is 0.103. The van der Waals surface area contributed by atoms with Crippen LogP contribution >= 0.6 is 15.9 Å². The van der Waals surface area contributed by atoms with Crippen LogP contribution in [0.4, 0.5) is 30.7 Å². The predicted molar refractivity (Wildman–Crippen MR) is 156 cm³/mol. The van der Waals surface area contributed by atoms with Crippen molar-refractivity contribution in [2.45, 2.75) is 29.6 Å². The van der Waals surface area contributed by atoms with Gasteiger partial charge in [0, 0.05) is 23.8 Å². The fourth-order valence-electron chi connectivity index (χ4n) is 5.33. The molecule has 1 unspecified atom stereocenters. The Kier molecular flexibility index (Phi) is 8.64. The smallest absolute Gasteiger partial charge is 0.416 e. The first-order chi connectivity index (χ1) is 22.0. The van der Waals surface area contributed by atoms with Crippen LogP contribution < -0.4 is 4.74 Å². The number of halogens is 8. The van der Waals surface area contributed by atoms with Gasteiger partial charge in [-0.15, -0.1) is 0 Å². The maximum atomic E-state index is 15.6. The van der Waals surface area contributed by atoms with Crippen molar-refractivity contribution in [1.82, 2.24) is 0 Å². The van der Waals surface area contributed by atoms with Crippen LogP contribution in [-0.2, 0) is 33.5 Å². The Labute approximate surface area is 269 Å². The van der Waals surface area contributed by atoms with Gasteiger partial charge in [-0.3, -0.25) is 9.79 Å². The maximum Gasteiger partial charge on any atom is 0.416 e. The summed E-state index contributed by atoms with van der Waals surface area (Å²) in [5.41, 5.74) is -3.78. The number of ether oxygens (including phenoxy) is 2. The molecule has 244 valence electrons. The molecule has 1 N–H and O–H groups in total. The first-order valence-electron chi connectivity index (χ1n) is 13.4. The second-order valence-electron chi connectivity index (χ2n) is 10.2. The maximum absolute atomic E-state index is 15.6. The van der Waals surface area contributed by atoms with Gasteiger partial charge >= 0.3 is 24.3 Å². The molecule has 15 heteroatoms. The van der Waals surface area contributed by atoms with E-state index in [1.54, 1.807) is 12.3 Å². The number of fused-ring (bicyclic) bond motifs is 1. The molecule has 1 heterocycles. The fourth-order valence-corrected chi connectivity index (χ4v) is 5.92. The summed E-state index contributed by atoms with van der Waals surface area (Å²) in [5, 5.41) is 10.2. The molecule has 3 aromatic rings. The van der Waals surface area contributed by atoms with Crippen molar-refractivity contribution < 1.29 is 59.7 Å². The molecule has 5 rings (SSSR count). The molecule has 0 spiro atoms. The Morgan fingerprint density at radius 2 is 1.68 bits per heavy atom. The quantitative estimate of drug-likeness (QED) is 0.123. The van der Waals surface area contributed by atoms with Gasteiger partial charge in [0.15, 0.2) is 17.3 Å². The van der Waals surface area contributed by atoms with Crippen molar-refractivity contribution in [3.05, 3.63) is 111 Å². The highest BCUT2D eigenvalue weighted by Gasteiger charge is 2.66. The van der Waals surface area contributed by atoms with Gasteiger partial charge in [-0.1, -0.05) is 40.2 Å². The van der Waals surface area contributed by atoms with Crippen molar-refractivity contribution >= 4 is 51.0 Å². The molecule has 0 saturated heterocycles. The third kappa shape index (κ3) is 5.83. The van der Waals surface area contributed by atoms with Gasteiger partial charge < -0.3 is 14.6 Å². The summed E-state index contributed by atoms with van der Waals surface area (Å²) < 4.78 is 106. The monoisotopic (exact) mass is 725 g/mol. The molecule has 0 fully saturated rings. The normalized spacial score (nSPS) is 18.3.